The minimum atomic E-state index is 0.482. The Kier molecular flexibility index (Phi) is 4.66. The Hall–Kier alpha value is -0.0800. The van der Waals surface area contributed by atoms with Crippen LogP contribution < -0.4 is 5.32 Å². The third-order valence-corrected chi connectivity index (χ3v) is 4.51. The highest BCUT2D eigenvalue weighted by Gasteiger charge is 2.41. The molecule has 1 heterocycles. The highest BCUT2D eigenvalue weighted by molar-refractivity contribution is 4.92. The molecule has 1 saturated heterocycles. The Bertz CT molecular complexity index is 193. The van der Waals surface area contributed by atoms with Gasteiger partial charge in [0, 0.05) is 18.6 Å². The standard InChI is InChI=1S/C14H27NO/c1-2-9-15-11-14(8-10-16-12-14)13-6-4-3-5-7-13/h13,15H,2-12H2,1H3. The molecule has 0 spiro atoms. The maximum atomic E-state index is 5.70. The molecular weight excluding hydrogens is 198 g/mol. The van der Waals surface area contributed by atoms with Gasteiger partial charge in [-0.15, -0.1) is 0 Å². The zero-order valence-corrected chi connectivity index (χ0v) is 10.8. The highest BCUT2D eigenvalue weighted by atomic mass is 16.5. The lowest BCUT2D eigenvalue weighted by atomic mass is 9.68. The first-order valence-corrected chi connectivity index (χ1v) is 7.16. The molecule has 2 aliphatic rings. The monoisotopic (exact) mass is 225 g/mol. The van der Waals surface area contributed by atoms with E-state index < -0.39 is 0 Å². The van der Waals surface area contributed by atoms with Gasteiger partial charge in [-0.3, -0.25) is 0 Å². The molecule has 2 fully saturated rings. The van der Waals surface area contributed by atoms with E-state index in [2.05, 4.69) is 12.2 Å². The van der Waals surface area contributed by atoms with Gasteiger partial charge in [-0.05, 0) is 38.1 Å². The molecule has 1 N–H and O–H groups in total. The second kappa shape index (κ2) is 6.02. The molecule has 0 amide bonds. The zero-order chi connectivity index (χ0) is 11.3. The average Bonchev–Trinajstić information content (AvgIpc) is 2.81. The van der Waals surface area contributed by atoms with Gasteiger partial charge < -0.3 is 10.1 Å². The largest absolute Gasteiger partial charge is 0.381 e. The van der Waals surface area contributed by atoms with Crippen LogP contribution in [0.3, 0.4) is 0 Å². The van der Waals surface area contributed by atoms with Crippen molar-refractivity contribution in [2.75, 3.05) is 26.3 Å². The number of hydrogen-bond donors (Lipinski definition) is 1. The normalized spacial score (nSPS) is 32.1. The van der Waals surface area contributed by atoms with Crippen LogP contribution in [0.25, 0.3) is 0 Å². The first-order chi connectivity index (χ1) is 7.87. The van der Waals surface area contributed by atoms with Crippen molar-refractivity contribution in [1.82, 2.24) is 5.32 Å². The number of hydrogen-bond acceptors (Lipinski definition) is 2. The predicted molar refractivity (Wildman–Crippen MR) is 67.6 cm³/mol. The summed E-state index contributed by atoms with van der Waals surface area (Å²) in [6.07, 6.45) is 9.75. The molecule has 16 heavy (non-hydrogen) atoms. The average molecular weight is 225 g/mol. The Morgan fingerprint density at radius 1 is 1.25 bits per heavy atom. The summed E-state index contributed by atoms with van der Waals surface area (Å²) in [4.78, 5) is 0. The minimum Gasteiger partial charge on any atom is -0.381 e. The van der Waals surface area contributed by atoms with E-state index in [1.165, 1.54) is 51.5 Å². The van der Waals surface area contributed by atoms with Crippen molar-refractivity contribution in [2.24, 2.45) is 11.3 Å². The molecular formula is C14H27NO. The Morgan fingerprint density at radius 2 is 2.06 bits per heavy atom. The summed E-state index contributed by atoms with van der Waals surface area (Å²) < 4.78 is 5.70. The van der Waals surface area contributed by atoms with E-state index in [9.17, 15) is 0 Å². The fraction of sp³-hybridized carbons (Fsp3) is 1.00. The molecule has 2 nitrogen and oxygen atoms in total. The lowest BCUT2D eigenvalue weighted by Gasteiger charge is -2.39. The van der Waals surface area contributed by atoms with Gasteiger partial charge in [0.25, 0.3) is 0 Å². The van der Waals surface area contributed by atoms with Crippen LogP contribution in [0.15, 0.2) is 0 Å². The van der Waals surface area contributed by atoms with Crippen molar-refractivity contribution in [2.45, 2.75) is 51.9 Å². The molecule has 1 unspecified atom stereocenters. The SMILES string of the molecule is CCCNCC1(C2CCCCC2)CCOC1. The highest BCUT2D eigenvalue weighted by Crippen LogP contribution is 2.43. The van der Waals surface area contributed by atoms with Gasteiger partial charge in [-0.1, -0.05) is 26.2 Å². The molecule has 1 atom stereocenters. The van der Waals surface area contributed by atoms with Crippen molar-refractivity contribution in [3.05, 3.63) is 0 Å². The van der Waals surface area contributed by atoms with Crippen molar-refractivity contribution >= 4 is 0 Å². The van der Waals surface area contributed by atoms with E-state index >= 15 is 0 Å². The first kappa shape index (κ1) is 12.4. The molecule has 0 aromatic heterocycles. The van der Waals surface area contributed by atoms with Gasteiger partial charge >= 0.3 is 0 Å². The van der Waals surface area contributed by atoms with Gasteiger partial charge in [-0.25, -0.2) is 0 Å². The molecule has 0 aromatic rings. The molecule has 2 heteroatoms. The van der Waals surface area contributed by atoms with Crippen molar-refractivity contribution in [3.8, 4) is 0 Å². The maximum Gasteiger partial charge on any atom is 0.0538 e. The molecule has 1 aliphatic heterocycles. The van der Waals surface area contributed by atoms with Crippen LogP contribution in [0.5, 0.6) is 0 Å². The lowest BCUT2D eigenvalue weighted by Crippen LogP contribution is -2.42. The van der Waals surface area contributed by atoms with Crippen molar-refractivity contribution < 1.29 is 4.74 Å². The predicted octanol–water partition coefficient (Wildman–Crippen LogP) is 2.97. The molecule has 94 valence electrons. The van der Waals surface area contributed by atoms with E-state index in [1.54, 1.807) is 0 Å². The molecule has 0 bridgehead atoms. The lowest BCUT2D eigenvalue weighted by molar-refractivity contribution is 0.0821. The molecule has 2 rings (SSSR count). The van der Waals surface area contributed by atoms with E-state index in [-0.39, 0.29) is 0 Å². The second-order valence-corrected chi connectivity index (χ2v) is 5.68. The van der Waals surface area contributed by atoms with Crippen molar-refractivity contribution in [3.63, 3.8) is 0 Å². The fourth-order valence-electron chi connectivity index (χ4n) is 3.46. The van der Waals surface area contributed by atoms with Crippen LogP contribution in [0.4, 0.5) is 0 Å². The third kappa shape index (κ3) is 2.78. The summed E-state index contributed by atoms with van der Waals surface area (Å²) in [5, 5.41) is 3.64. The van der Waals surface area contributed by atoms with Crippen LogP contribution in [0.2, 0.25) is 0 Å². The van der Waals surface area contributed by atoms with Crippen LogP contribution >= 0.6 is 0 Å². The second-order valence-electron chi connectivity index (χ2n) is 5.68. The fourth-order valence-corrected chi connectivity index (χ4v) is 3.46. The Morgan fingerprint density at radius 3 is 2.69 bits per heavy atom. The van der Waals surface area contributed by atoms with Crippen LogP contribution in [-0.2, 0) is 4.74 Å². The quantitative estimate of drug-likeness (QED) is 0.726. The van der Waals surface area contributed by atoms with Crippen LogP contribution in [0, 0.1) is 11.3 Å². The van der Waals surface area contributed by atoms with Crippen molar-refractivity contribution in [1.29, 1.82) is 0 Å². The number of nitrogens with one attached hydrogen (secondary N) is 1. The third-order valence-electron chi connectivity index (χ3n) is 4.51. The minimum absolute atomic E-state index is 0.482. The summed E-state index contributed by atoms with van der Waals surface area (Å²) in [7, 11) is 0. The van der Waals surface area contributed by atoms with E-state index in [1.807, 2.05) is 0 Å². The van der Waals surface area contributed by atoms with Gasteiger partial charge in [-0.2, -0.15) is 0 Å². The molecule has 0 radical (unpaired) electrons. The van der Waals surface area contributed by atoms with Crippen LogP contribution in [0.1, 0.15) is 51.9 Å². The first-order valence-electron chi connectivity index (χ1n) is 7.16. The molecule has 1 saturated carbocycles. The molecule has 0 aromatic carbocycles. The summed E-state index contributed by atoms with van der Waals surface area (Å²) in [5.74, 6) is 0.924. The summed E-state index contributed by atoms with van der Waals surface area (Å²) in [5.41, 5.74) is 0.482. The summed E-state index contributed by atoms with van der Waals surface area (Å²) in [6.45, 7) is 6.59. The smallest absolute Gasteiger partial charge is 0.0538 e. The topological polar surface area (TPSA) is 21.3 Å². The van der Waals surface area contributed by atoms with E-state index in [4.69, 9.17) is 4.74 Å². The Labute approximate surface area is 100 Å². The van der Waals surface area contributed by atoms with E-state index in [0.29, 0.717) is 5.41 Å². The van der Waals surface area contributed by atoms with Gasteiger partial charge in [0.1, 0.15) is 0 Å². The van der Waals surface area contributed by atoms with Gasteiger partial charge in [0.15, 0.2) is 0 Å². The number of rotatable bonds is 5. The van der Waals surface area contributed by atoms with Gasteiger partial charge in [0.2, 0.25) is 0 Å². The zero-order valence-electron chi connectivity index (χ0n) is 10.8. The van der Waals surface area contributed by atoms with E-state index in [0.717, 1.165) is 25.7 Å². The van der Waals surface area contributed by atoms with Gasteiger partial charge in [0.05, 0.1) is 6.61 Å². The molecule has 1 aliphatic carbocycles. The maximum absolute atomic E-state index is 5.70. The Balaban J connectivity index is 1.91. The summed E-state index contributed by atoms with van der Waals surface area (Å²) in [6, 6.07) is 0. The van der Waals surface area contributed by atoms with Crippen LogP contribution in [-0.4, -0.2) is 26.3 Å². The summed E-state index contributed by atoms with van der Waals surface area (Å²) >= 11 is 0. The number of ether oxygens (including phenoxy) is 1.